The first-order chi connectivity index (χ1) is 10.9. The lowest BCUT2D eigenvalue weighted by atomic mass is 9.68. The summed E-state index contributed by atoms with van der Waals surface area (Å²) < 4.78 is 40.7. The van der Waals surface area contributed by atoms with E-state index in [-0.39, 0.29) is 13.2 Å². The molecule has 2 aliphatic rings. The van der Waals surface area contributed by atoms with Gasteiger partial charge in [0.05, 0.1) is 12.5 Å². The zero-order chi connectivity index (χ0) is 16.6. The van der Waals surface area contributed by atoms with Crippen LogP contribution < -0.4 is 0 Å². The van der Waals surface area contributed by atoms with E-state index in [1.807, 2.05) is 30.3 Å². The van der Waals surface area contributed by atoms with Gasteiger partial charge in [0, 0.05) is 5.41 Å². The molecule has 1 saturated heterocycles. The second-order valence-electron chi connectivity index (χ2n) is 5.99. The van der Waals surface area contributed by atoms with Crippen LogP contribution in [0.25, 0.3) is 0 Å². The molecule has 23 heavy (non-hydrogen) atoms. The largest absolute Gasteiger partial charge is 0.272 e. The van der Waals surface area contributed by atoms with Crippen molar-refractivity contribution in [3.63, 3.8) is 0 Å². The first-order valence-corrected chi connectivity index (χ1v) is 7.30. The molecule has 0 aromatic heterocycles. The van der Waals surface area contributed by atoms with E-state index in [0.29, 0.717) is 6.08 Å². The molecule has 0 N–H and O–H groups in total. The Kier molecular flexibility index (Phi) is 4.02. The van der Waals surface area contributed by atoms with Gasteiger partial charge in [-0.2, -0.15) is 0 Å². The lowest BCUT2D eigenvalue weighted by molar-refractivity contribution is -0.235. The zero-order valence-electron chi connectivity index (χ0n) is 12.5. The average Bonchev–Trinajstić information content (AvgIpc) is 2.52. The summed E-state index contributed by atoms with van der Waals surface area (Å²) in [6.45, 7) is 1.77. The maximum Gasteiger partial charge on any atom is 0.252 e. The summed E-state index contributed by atoms with van der Waals surface area (Å²) in [6, 6.07) is 9.28. The van der Waals surface area contributed by atoms with Crippen LogP contribution >= 0.6 is 0 Å². The number of halogens is 3. The van der Waals surface area contributed by atoms with Crippen LogP contribution in [-0.4, -0.2) is 23.7 Å². The molecule has 1 heterocycles. The van der Waals surface area contributed by atoms with E-state index in [1.165, 1.54) is 6.92 Å². The molecule has 0 radical (unpaired) electrons. The molecule has 1 aliphatic heterocycles. The van der Waals surface area contributed by atoms with Gasteiger partial charge in [0.2, 0.25) is 0 Å². The van der Waals surface area contributed by atoms with Crippen LogP contribution in [0.1, 0.15) is 12.5 Å². The molecule has 1 aromatic carbocycles. The molecule has 2 unspecified atom stereocenters. The lowest BCUT2D eigenvalue weighted by Crippen LogP contribution is -2.60. The number of carbonyl (C=O) groups excluding carboxylic acids is 1. The molecular formula is C17H16F3NO2. The quantitative estimate of drug-likeness (QED) is 0.792. The Morgan fingerprint density at radius 3 is 2.61 bits per heavy atom. The third-order valence-corrected chi connectivity index (χ3v) is 4.43. The number of hydrogen-bond acceptors (Lipinski definition) is 2. The normalized spacial score (nSPS) is 30.6. The minimum Gasteiger partial charge on any atom is -0.272 e. The SMILES string of the molecule is CC1([C@@H]2CN(OCc3ccccc3)C2=O)C=C(F)C(F)=CC1F. The summed E-state index contributed by atoms with van der Waals surface area (Å²) in [6.07, 6.45) is -0.313. The van der Waals surface area contributed by atoms with Gasteiger partial charge in [0.25, 0.3) is 5.91 Å². The molecule has 1 fully saturated rings. The number of hydrogen-bond donors (Lipinski definition) is 0. The number of hydroxylamine groups is 2. The van der Waals surface area contributed by atoms with Crippen molar-refractivity contribution in [3.05, 3.63) is 59.7 Å². The Morgan fingerprint density at radius 2 is 1.96 bits per heavy atom. The molecule has 1 amide bonds. The van der Waals surface area contributed by atoms with Gasteiger partial charge in [-0.05, 0) is 17.7 Å². The number of carbonyl (C=O) groups is 1. The van der Waals surface area contributed by atoms with Crippen molar-refractivity contribution < 1.29 is 22.8 Å². The van der Waals surface area contributed by atoms with Gasteiger partial charge in [0.15, 0.2) is 11.7 Å². The first kappa shape index (κ1) is 15.8. The number of nitrogens with zero attached hydrogens (tertiary/aromatic N) is 1. The summed E-state index contributed by atoms with van der Waals surface area (Å²) in [5.74, 6) is -3.55. The molecule has 3 nitrogen and oxygen atoms in total. The van der Waals surface area contributed by atoms with E-state index in [4.69, 9.17) is 4.84 Å². The highest BCUT2D eigenvalue weighted by atomic mass is 19.2. The second-order valence-corrected chi connectivity index (χ2v) is 5.99. The molecule has 3 atom stereocenters. The number of rotatable bonds is 4. The predicted octanol–water partition coefficient (Wildman–Crippen LogP) is 3.64. The summed E-state index contributed by atoms with van der Waals surface area (Å²) in [5, 5.41) is 1.13. The fraction of sp³-hybridized carbons (Fsp3) is 0.353. The fourth-order valence-corrected chi connectivity index (χ4v) is 2.80. The van der Waals surface area contributed by atoms with Gasteiger partial charge in [0.1, 0.15) is 12.8 Å². The lowest BCUT2D eigenvalue weighted by Gasteiger charge is -2.47. The van der Waals surface area contributed by atoms with Crippen molar-refractivity contribution in [2.75, 3.05) is 6.54 Å². The first-order valence-electron chi connectivity index (χ1n) is 7.30. The average molecular weight is 323 g/mol. The number of amides is 1. The molecule has 0 saturated carbocycles. The van der Waals surface area contributed by atoms with E-state index < -0.39 is 35.1 Å². The van der Waals surface area contributed by atoms with Gasteiger partial charge in [-0.3, -0.25) is 9.63 Å². The van der Waals surface area contributed by atoms with Gasteiger partial charge in [-0.1, -0.05) is 37.3 Å². The highest BCUT2D eigenvalue weighted by molar-refractivity contribution is 5.85. The van der Waals surface area contributed by atoms with Crippen molar-refractivity contribution in [1.82, 2.24) is 5.06 Å². The summed E-state index contributed by atoms with van der Waals surface area (Å²) in [5.41, 5.74) is -0.504. The van der Waals surface area contributed by atoms with Gasteiger partial charge >= 0.3 is 0 Å². The van der Waals surface area contributed by atoms with Crippen LogP contribution in [0.2, 0.25) is 0 Å². The Morgan fingerprint density at radius 1 is 1.26 bits per heavy atom. The molecule has 1 aromatic rings. The van der Waals surface area contributed by atoms with Crippen molar-refractivity contribution in [2.24, 2.45) is 11.3 Å². The summed E-state index contributed by atoms with van der Waals surface area (Å²) in [4.78, 5) is 17.6. The number of alkyl halides is 1. The Hall–Kier alpha value is -2.08. The maximum absolute atomic E-state index is 14.1. The number of β-lactam (4-membered cyclic amide) rings is 1. The minimum absolute atomic E-state index is 0.141. The maximum atomic E-state index is 14.1. The van der Waals surface area contributed by atoms with Gasteiger partial charge in [-0.25, -0.2) is 18.2 Å². The van der Waals surface area contributed by atoms with Gasteiger partial charge < -0.3 is 0 Å². The summed E-state index contributed by atoms with van der Waals surface area (Å²) >= 11 is 0. The summed E-state index contributed by atoms with van der Waals surface area (Å²) in [7, 11) is 0. The third kappa shape index (κ3) is 2.79. The number of benzene rings is 1. The van der Waals surface area contributed by atoms with Crippen LogP contribution in [0.15, 0.2) is 54.1 Å². The van der Waals surface area contributed by atoms with Crippen LogP contribution in [0.3, 0.4) is 0 Å². The highest BCUT2D eigenvalue weighted by Gasteiger charge is 2.54. The van der Waals surface area contributed by atoms with E-state index in [9.17, 15) is 18.0 Å². The van der Waals surface area contributed by atoms with Crippen molar-refractivity contribution >= 4 is 5.91 Å². The zero-order valence-corrected chi connectivity index (χ0v) is 12.5. The van der Waals surface area contributed by atoms with Crippen molar-refractivity contribution in [1.29, 1.82) is 0 Å². The Bertz CT molecular complexity index is 674. The van der Waals surface area contributed by atoms with Crippen LogP contribution in [0, 0.1) is 11.3 Å². The molecular weight excluding hydrogens is 307 g/mol. The van der Waals surface area contributed by atoms with E-state index >= 15 is 0 Å². The van der Waals surface area contributed by atoms with E-state index in [2.05, 4.69) is 0 Å². The molecule has 1 aliphatic carbocycles. The van der Waals surface area contributed by atoms with Crippen molar-refractivity contribution in [2.45, 2.75) is 19.7 Å². The Balaban J connectivity index is 1.63. The van der Waals surface area contributed by atoms with E-state index in [0.717, 1.165) is 16.7 Å². The highest BCUT2D eigenvalue weighted by Crippen LogP contribution is 2.46. The van der Waals surface area contributed by atoms with Crippen LogP contribution in [0.4, 0.5) is 13.2 Å². The topological polar surface area (TPSA) is 29.5 Å². The standard InChI is InChI=1S/C17H16F3NO2/c1-17(8-14(19)13(18)7-15(17)20)12-9-21(16(12)22)23-10-11-5-3-2-4-6-11/h2-8,12,15H,9-10H2,1H3/t12-,15?,17?/m1/s1. The van der Waals surface area contributed by atoms with Crippen LogP contribution in [-0.2, 0) is 16.2 Å². The van der Waals surface area contributed by atoms with Crippen molar-refractivity contribution in [3.8, 4) is 0 Å². The molecule has 122 valence electrons. The predicted molar refractivity (Wildman–Crippen MR) is 77.8 cm³/mol. The molecule has 0 bridgehead atoms. The smallest absolute Gasteiger partial charge is 0.252 e. The Labute approximate surface area is 132 Å². The van der Waals surface area contributed by atoms with E-state index in [1.54, 1.807) is 0 Å². The monoisotopic (exact) mass is 323 g/mol. The minimum atomic E-state index is -1.76. The number of allylic oxidation sites excluding steroid dienone is 4. The molecule has 0 spiro atoms. The second kappa shape index (κ2) is 5.85. The third-order valence-electron chi connectivity index (χ3n) is 4.43. The fourth-order valence-electron chi connectivity index (χ4n) is 2.80. The molecule has 6 heteroatoms. The van der Waals surface area contributed by atoms with Gasteiger partial charge in [-0.15, -0.1) is 0 Å². The van der Waals surface area contributed by atoms with Crippen LogP contribution in [0.5, 0.6) is 0 Å². The molecule has 3 rings (SSSR count).